The minimum atomic E-state index is -0.287. The Kier molecular flexibility index (Phi) is 4.77. The second-order valence-corrected chi connectivity index (χ2v) is 4.11. The highest BCUT2D eigenvalue weighted by atomic mass is 16.5. The third-order valence-electron chi connectivity index (χ3n) is 2.27. The van der Waals surface area contributed by atoms with Crippen molar-refractivity contribution in [3.8, 4) is 0 Å². The van der Waals surface area contributed by atoms with E-state index in [0.29, 0.717) is 11.5 Å². The number of carbonyl (C=O) groups is 1. The number of hydrogen-bond acceptors (Lipinski definition) is 2. The average molecular weight is 218 g/mol. The molecule has 0 spiro atoms. The van der Waals surface area contributed by atoms with E-state index in [1.54, 1.807) is 6.07 Å². The molecular weight excluding hydrogens is 200 g/mol. The minimum absolute atomic E-state index is 0.287. The Hall–Kier alpha value is -1.57. The van der Waals surface area contributed by atoms with Crippen molar-refractivity contribution < 1.29 is 9.53 Å². The van der Waals surface area contributed by atoms with Gasteiger partial charge in [0.15, 0.2) is 0 Å². The fourth-order valence-electron chi connectivity index (χ4n) is 1.41. The maximum absolute atomic E-state index is 11.5. The molecule has 0 N–H and O–H groups in total. The first-order valence-corrected chi connectivity index (χ1v) is 5.49. The number of allylic oxidation sites excluding steroid dienone is 1. The van der Waals surface area contributed by atoms with Crippen LogP contribution in [0.15, 0.2) is 30.3 Å². The molecule has 0 bridgehead atoms. The maximum Gasteiger partial charge on any atom is 0.338 e. The van der Waals surface area contributed by atoms with Crippen molar-refractivity contribution in [3.05, 3.63) is 41.5 Å². The molecule has 1 aromatic carbocycles. The summed E-state index contributed by atoms with van der Waals surface area (Å²) in [6.45, 7) is 4.33. The predicted molar refractivity (Wildman–Crippen MR) is 66.3 cm³/mol. The lowest BCUT2D eigenvalue weighted by atomic mass is 10.1. The van der Waals surface area contributed by atoms with Gasteiger partial charge in [-0.3, -0.25) is 0 Å². The Morgan fingerprint density at radius 1 is 1.38 bits per heavy atom. The quantitative estimate of drug-likeness (QED) is 0.723. The van der Waals surface area contributed by atoms with Crippen LogP contribution < -0.4 is 0 Å². The minimum Gasteiger partial charge on any atom is -0.465 e. The largest absolute Gasteiger partial charge is 0.465 e. The number of rotatable bonds is 4. The zero-order valence-corrected chi connectivity index (χ0v) is 10.1. The second-order valence-electron chi connectivity index (χ2n) is 4.11. The summed E-state index contributed by atoms with van der Waals surface area (Å²) >= 11 is 0. The van der Waals surface area contributed by atoms with Crippen LogP contribution in [0.3, 0.4) is 0 Å². The Labute approximate surface area is 96.9 Å². The van der Waals surface area contributed by atoms with Crippen molar-refractivity contribution >= 4 is 12.0 Å². The van der Waals surface area contributed by atoms with Crippen LogP contribution in [0.5, 0.6) is 0 Å². The highest BCUT2D eigenvalue weighted by Crippen LogP contribution is 2.13. The molecule has 0 aliphatic heterocycles. The molecule has 2 nitrogen and oxygen atoms in total. The summed E-state index contributed by atoms with van der Waals surface area (Å²) in [5.41, 5.74) is 1.53. The first-order valence-electron chi connectivity index (χ1n) is 5.49. The molecule has 1 aromatic rings. The molecule has 0 aliphatic carbocycles. The van der Waals surface area contributed by atoms with Crippen LogP contribution in [0.25, 0.3) is 6.08 Å². The van der Waals surface area contributed by atoms with Gasteiger partial charge in [-0.15, -0.1) is 0 Å². The molecular formula is C14H18O2. The van der Waals surface area contributed by atoms with Crippen LogP contribution in [0.1, 0.15) is 36.2 Å². The fraction of sp³-hybridized carbons (Fsp3) is 0.357. The van der Waals surface area contributed by atoms with Crippen molar-refractivity contribution in [2.24, 2.45) is 5.92 Å². The highest BCUT2D eigenvalue weighted by Gasteiger charge is 2.08. The van der Waals surface area contributed by atoms with Crippen LogP contribution in [-0.2, 0) is 4.74 Å². The molecule has 0 atom stereocenters. The summed E-state index contributed by atoms with van der Waals surface area (Å²) in [4.78, 5) is 11.5. The van der Waals surface area contributed by atoms with Crippen molar-refractivity contribution in [2.45, 2.75) is 20.3 Å². The average Bonchev–Trinajstić information content (AvgIpc) is 2.28. The van der Waals surface area contributed by atoms with Gasteiger partial charge in [-0.25, -0.2) is 4.79 Å². The van der Waals surface area contributed by atoms with E-state index < -0.39 is 0 Å². The summed E-state index contributed by atoms with van der Waals surface area (Å²) in [5.74, 6) is 0.339. The molecule has 0 heterocycles. The number of ether oxygens (including phenoxy) is 1. The van der Waals surface area contributed by atoms with Gasteiger partial charge in [-0.05, 0) is 24.0 Å². The van der Waals surface area contributed by atoms with Gasteiger partial charge in [0.05, 0.1) is 12.7 Å². The van der Waals surface area contributed by atoms with E-state index in [1.165, 1.54) is 7.11 Å². The third-order valence-corrected chi connectivity index (χ3v) is 2.27. The van der Waals surface area contributed by atoms with E-state index in [0.717, 1.165) is 12.0 Å². The fourth-order valence-corrected chi connectivity index (χ4v) is 1.41. The number of carbonyl (C=O) groups excluding carboxylic acids is 1. The maximum atomic E-state index is 11.5. The van der Waals surface area contributed by atoms with Crippen LogP contribution in [-0.4, -0.2) is 13.1 Å². The molecule has 0 aliphatic rings. The SMILES string of the molecule is COC(=O)c1ccccc1C=CCC(C)C. The van der Waals surface area contributed by atoms with Gasteiger partial charge >= 0.3 is 5.97 Å². The Bertz CT molecular complexity index is 378. The lowest BCUT2D eigenvalue weighted by Crippen LogP contribution is -2.03. The molecule has 2 heteroatoms. The van der Waals surface area contributed by atoms with Crippen molar-refractivity contribution in [3.63, 3.8) is 0 Å². The van der Waals surface area contributed by atoms with Gasteiger partial charge in [0.2, 0.25) is 0 Å². The van der Waals surface area contributed by atoms with Crippen LogP contribution >= 0.6 is 0 Å². The van der Waals surface area contributed by atoms with E-state index in [2.05, 4.69) is 19.9 Å². The third kappa shape index (κ3) is 3.54. The summed E-state index contributed by atoms with van der Waals surface area (Å²) < 4.78 is 4.73. The molecule has 0 saturated carbocycles. The molecule has 0 fully saturated rings. The van der Waals surface area contributed by atoms with Gasteiger partial charge in [0.1, 0.15) is 0 Å². The topological polar surface area (TPSA) is 26.3 Å². The first-order chi connectivity index (χ1) is 7.65. The Morgan fingerprint density at radius 2 is 2.06 bits per heavy atom. The standard InChI is InChI=1S/C14H18O2/c1-11(2)7-6-9-12-8-4-5-10-13(12)14(15)16-3/h4-6,8-11H,7H2,1-3H3. The number of methoxy groups -OCH3 is 1. The van der Waals surface area contributed by atoms with Crippen molar-refractivity contribution in [1.82, 2.24) is 0 Å². The molecule has 0 unspecified atom stereocenters. The van der Waals surface area contributed by atoms with Gasteiger partial charge < -0.3 is 4.74 Å². The smallest absolute Gasteiger partial charge is 0.338 e. The molecule has 16 heavy (non-hydrogen) atoms. The second kappa shape index (κ2) is 6.11. The van der Waals surface area contributed by atoms with Crippen molar-refractivity contribution in [1.29, 1.82) is 0 Å². The van der Waals surface area contributed by atoms with E-state index in [9.17, 15) is 4.79 Å². The Balaban J connectivity index is 2.87. The van der Waals surface area contributed by atoms with E-state index in [-0.39, 0.29) is 5.97 Å². The monoisotopic (exact) mass is 218 g/mol. The molecule has 86 valence electrons. The zero-order chi connectivity index (χ0) is 12.0. The summed E-state index contributed by atoms with van der Waals surface area (Å²) in [5, 5.41) is 0. The predicted octanol–water partition coefficient (Wildman–Crippen LogP) is 3.53. The lowest BCUT2D eigenvalue weighted by molar-refractivity contribution is 0.0600. The van der Waals surface area contributed by atoms with Crippen LogP contribution in [0, 0.1) is 5.92 Å². The first kappa shape index (κ1) is 12.5. The number of esters is 1. The molecule has 0 radical (unpaired) electrons. The summed E-state index contributed by atoms with van der Waals surface area (Å²) in [6, 6.07) is 7.46. The molecule has 0 amide bonds. The molecule has 1 rings (SSSR count). The van der Waals surface area contributed by atoms with E-state index in [1.807, 2.05) is 24.3 Å². The molecule has 0 aromatic heterocycles. The van der Waals surface area contributed by atoms with Crippen molar-refractivity contribution in [2.75, 3.05) is 7.11 Å². The van der Waals surface area contributed by atoms with Crippen LogP contribution in [0.4, 0.5) is 0 Å². The Morgan fingerprint density at radius 3 is 2.69 bits per heavy atom. The lowest BCUT2D eigenvalue weighted by Gasteiger charge is -2.03. The number of hydrogen-bond donors (Lipinski definition) is 0. The summed E-state index contributed by atoms with van der Waals surface area (Å²) in [6.07, 6.45) is 5.08. The van der Waals surface area contributed by atoms with E-state index >= 15 is 0 Å². The zero-order valence-electron chi connectivity index (χ0n) is 10.1. The highest BCUT2D eigenvalue weighted by molar-refractivity contribution is 5.93. The molecule has 0 saturated heterocycles. The van der Waals surface area contributed by atoms with Gasteiger partial charge in [0, 0.05) is 0 Å². The number of benzene rings is 1. The summed E-state index contributed by atoms with van der Waals surface area (Å²) in [7, 11) is 1.40. The normalized spacial score (nSPS) is 11.0. The van der Waals surface area contributed by atoms with Gasteiger partial charge in [-0.1, -0.05) is 44.2 Å². The van der Waals surface area contributed by atoms with Gasteiger partial charge in [0.25, 0.3) is 0 Å². The van der Waals surface area contributed by atoms with Crippen LogP contribution in [0.2, 0.25) is 0 Å². The van der Waals surface area contributed by atoms with Gasteiger partial charge in [-0.2, -0.15) is 0 Å². The van der Waals surface area contributed by atoms with E-state index in [4.69, 9.17) is 4.74 Å².